The molecule has 1 rings (SSSR count). The molecule has 0 saturated carbocycles. The van der Waals surface area contributed by atoms with Crippen LogP contribution in [0.5, 0.6) is 0 Å². The number of pyridine rings is 1. The highest BCUT2D eigenvalue weighted by Crippen LogP contribution is 2.24. The van der Waals surface area contributed by atoms with E-state index in [2.05, 4.69) is 16.3 Å². The van der Waals surface area contributed by atoms with E-state index in [1.807, 2.05) is 0 Å². The Hall–Kier alpha value is -1.59. The summed E-state index contributed by atoms with van der Waals surface area (Å²) >= 11 is 11.8. The minimum Gasteiger partial charge on any atom is -0.469 e. The van der Waals surface area contributed by atoms with Gasteiger partial charge >= 0.3 is 5.97 Å². The van der Waals surface area contributed by atoms with E-state index in [0.717, 1.165) is 0 Å². The number of esters is 1. The number of aromatic nitrogens is 1. The summed E-state index contributed by atoms with van der Waals surface area (Å²) in [5, 5.41) is 0.0843. The molecule has 5 nitrogen and oxygen atoms in total. The van der Waals surface area contributed by atoms with Gasteiger partial charge in [0.15, 0.2) is 0 Å². The summed E-state index contributed by atoms with van der Waals surface area (Å²) in [5.74, 6) is -0.818. The average molecular weight is 331 g/mol. The van der Waals surface area contributed by atoms with Crippen LogP contribution in [0, 0.1) is 0 Å². The topological polar surface area (TPSA) is 59.5 Å². The van der Waals surface area contributed by atoms with Crippen molar-refractivity contribution in [2.45, 2.75) is 12.8 Å². The Labute approximate surface area is 133 Å². The molecular formula is C14H16Cl2N2O3. The minimum absolute atomic E-state index is 0.0307. The molecule has 0 spiro atoms. The Bertz CT molecular complexity index is 561. The molecule has 0 aliphatic heterocycles. The van der Waals surface area contributed by atoms with Crippen LogP contribution in [0.1, 0.15) is 22.3 Å². The van der Waals surface area contributed by atoms with Crippen molar-refractivity contribution < 1.29 is 14.3 Å². The van der Waals surface area contributed by atoms with E-state index in [-0.39, 0.29) is 28.2 Å². The summed E-state index contributed by atoms with van der Waals surface area (Å²) in [6, 6.07) is 1.44. The van der Waals surface area contributed by atoms with Crippen LogP contribution in [0.2, 0.25) is 10.3 Å². The molecule has 0 aliphatic carbocycles. The summed E-state index contributed by atoms with van der Waals surface area (Å²) in [4.78, 5) is 29.2. The lowest BCUT2D eigenvalue weighted by atomic mass is 10.1. The summed E-state index contributed by atoms with van der Waals surface area (Å²) in [6.07, 6.45) is 2.25. The quantitative estimate of drug-likeness (QED) is 0.457. The lowest BCUT2D eigenvalue weighted by Gasteiger charge is -2.19. The number of nitrogens with zero attached hydrogens (tertiary/aromatic N) is 2. The fraction of sp³-hybridized carbons (Fsp3) is 0.357. The standard InChI is InChI=1S/C14H16Cl2N2O3/c1-4-5-6-18(2)14(20)12-9(8-11(19)21-3)7-10(15)17-13(12)16/h4,7H,1,5-6,8H2,2-3H3. The minimum atomic E-state index is -0.490. The number of hydrogen-bond donors (Lipinski definition) is 0. The predicted octanol–water partition coefficient (Wildman–Crippen LogP) is 2.75. The van der Waals surface area contributed by atoms with Gasteiger partial charge in [0.2, 0.25) is 0 Å². The lowest BCUT2D eigenvalue weighted by Crippen LogP contribution is -2.29. The molecule has 0 bridgehead atoms. The summed E-state index contributed by atoms with van der Waals surface area (Å²) in [7, 11) is 2.91. The second kappa shape index (κ2) is 8.00. The van der Waals surface area contributed by atoms with Crippen LogP contribution < -0.4 is 0 Å². The van der Waals surface area contributed by atoms with Crippen LogP contribution in [0.4, 0.5) is 0 Å². The van der Waals surface area contributed by atoms with Gasteiger partial charge in [0.25, 0.3) is 5.91 Å². The molecule has 0 aliphatic rings. The number of amides is 1. The van der Waals surface area contributed by atoms with Crippen molar-refractivity contribution in [3.05, 3.63) is 40.2 Å². The molecule has 1 aromatic rings. The molecule has 0 atom stereocenters. The third-order valence-corrected chi connectivity index (χ3v) is 3.28. The first-order valence-electron chi connectivity index (χ1n) is 6.18. The largest absolute Gasteiger partial charge is 0.469 e. The second-order valence-corrected chi connectivity index (χ2v) is 5.07. The Balaban J connectivity index is 3.16. The Morgan fingerprint density at radius 1 is 1.48 bits per heavy atom. The molecule has 0 saturated heterocycles. The molecule has 0 fully saturated rings. The van der Waals surface area contributed by atoms with Crippen LogP contribution in [-0.4, -0.2) is 42.5 Å². The number of hydrogen-bond acceptors (Lipinski definition) is 4. The molecule has 0 radical (unpaired) electrons. The highest BCUT2D eigenvalue weighted by molar-refractivity contribution is 6.35. The third kappa shape index (κ3) is 4.72. The average Bonchev–Trinajstić information content (AvgIpc) is 2.43. The molecule has 1 amide bonds. The molecule has 21 heavy (non-hydrogen) atoms. The molecule has 1 aromatic heterocycles. The molecule has 0 N–H and O–H groups in total. The summed E-state index contributed by atoms with van der Waals surface area (Å²) in [5.41, 5.74) is 0.556. The second-order valence-electron chi connectivity index (χ2n) is 4.33. The number of carbonyl (C=O) groups is 2. The van der Waals surface area contributed by atoms with Crippen molar-refractivity contribution in [2.24, 2.45) is 0 Å². The van der Waals surface area contributed by atoms with Gasteiger partial charge in [0.05, 0.1) is 19.1 Å². The fourth-order valence-electron chi connectivity index (χ4n) is 1.70. The zero-order chi connectivity index (χ0) is 16.0. The van der Waals surface area contributed by atoms with Gasteiger partial charge in [-0.3, -0.25) is 9.59 Å². The Morgan fingerprint density at radius 2 is 2.14 bits per heavy atom. The van der Waals surface area contributed by atoms with Crippen molar-refractivity contribution >= 4 is 35.1 Å². The van der Waals surface area contributed by atoms with Crippen LogP contribution >= 0.6 is 23.2 Å². The van der Waals surface area contributed by atoms with Gasteiger partial charge in [-0.1, -0.05) is 29.3 Å². The predicted molar refractivity (Wildman–Crippen MR) is 81.8 cm³/mol. The summed E-state index contributed by atoms with van der Waals surface area (Å²) in [6.45, 7) is 4.09. The van der Waals surface area contributed by atoms with Crippen molar-refractivity contribution in [3.8, 4) is 0 Å². The van der Waals surface area contributed by atoms with Crippen molar-refractivity contribution in [1.82, 2.24) is 9.88 Å². The van der Waals surface area contributed by atoms with Crippen LogP contribution in [0.3, 0.4) is 0 Å². The van der Waals surface area contributed by atoms with Crippen molar-refractivity contribution in [3.63, 3.8) is 0 Å². The van der Waals surface area contributed by atoms with Gasteiger partial charge in [-0.15, -0.1) is 6.58 Å². The smallest absolute Gasteiger partial charge is 0.310 e. The Morgan fingerprint density at radius 3 is 2.71 bits per heavy atom. The molecule has 1 heterocycles. The van der Waals surface area contributed by atoms with E-state index in [1.165, 1.54) is 18.1 Å². The summed E-state index contributed by atoms with van der Waals surface area (Å²) < 4.78 is 4.61. The first kappa shape index (κ1) is 17.5. The van der Waals surface area contributed by atoms with Crippen LogP contribution in [0.15, 0.2) is 18.7 Å². The number of rotatable bonds is 6. The van der Waals surface area contributed by atoms with Crippen molar-refractivity contribution in [2.75, 3.05) is 20.7 Å². The van der Waals surface area contributed by atoms with E-state index in [4.69, 9.17) is 23.2 Å². The highest BCUT2D eigenvalue weighted by atomic mass is 35.5. The first-order chi connectivity index (χ1) is 9.90. The van der Waals surface area contributed by atoms with Gasteiger partial charge in [-0.2, -0.15) is 0 Å². The number of carbonyl (C=O) groups excluding carboxylic acids is 2. The zero-order valence-corrected chi connectivity index (χ0v) is 13.4. The molecule has 114 valence electrons. The number of halogens is 2. The van der Waals surface area contributed by atoms with E-state index in [1.54, 1.807) is 13.1 Å². The van der Waals surface area contributed by atoms with E-state index in [0.29, 0.717) is 18.5 Å². The van der Waals surface area contributed by atoms with Gasteiger partial charge in [0, 0.05) is 13.6 Å². The first-order valence-corrected chi connectivity index (χ1v) is 6.94. The molecular weight excluding hydrogens is 315 g/mol. The maximum atomic E-state index is 12.4. The normalized spacial score (nSPS) is 10.1. The highest BCUT2D eigenvalue weighted by Gasteiger charge is 2.22. The monoisotopic (exact) mass is 330 g/mol. The van der Waals surface area contributed by atoms with E-state index in [9.17, 15) is 9.59 Å². The fourth-order valence-corrected chi connectivity index (χ4v) is 2.25. The van der Waals surface area contributed by atoms with Gasteiger partial charge in [-0.25, -0.2) is 4.98 Å². The lowest BCUT2D eigenvalue weighted by molar-refractivity contribution is -0.139. The van der Waals surface area contributed by atoms with Gasteiger partial charge < -0.3 is 9.64 Å². The van der Waals surface area contributed by atoms with Gasteiger partial charge in [0.1, 0.15) is 10.3 Å². The van der Waals surface area contributed by atoms with E-state index >= 15 is 0 Å². The zero-order valence-electron chi connectivity index (χ0n) is 11.9. The maximum Gasteiger partial charge on any atom is 0.310 e. The number of methoxy groups -OCH3 is 1. The third-order valence-electron chi connectivity index (χ3n) is 2.82. The van der Waals surface area contributed by atoms with Crippen molar-refractivity contribution in [1.29, 1.82) is 0 Å². The van der Waals surface area contributed by atoms with Crippen LogP contribution in [-0.2, 0) is 16.0 Å². The maximum absolute atomic E-state index is 12.4. The Kier molecular flexibility index (Phi) is 6.65. The number of ether oxygens (including phenoxy) is 1. The van der Waals surface area contributed by atoms with Gasteiger partial charge in [-0.05, 0) is 18.1 Å². The molecule has 0 unspecified atom stereocenters. The van der Waals surface area contributed by atoms with Crippen LogP contribution in [0.25, 0.3) is 0 Å². The molecule has 7 heteroatoms. The molecule has 0 aromatic carbocycles. The van der Waals surface area contributed by atoms with E-state index < -0.39 is 5.97 Å². The SMILES string of the molecule is C=CCCN(C)C(=O)c1c(CC(=O)OC)cc(Cl)nc1Cl.